The van der Waals surface area contributed by atoms with Crippen LogP contribution in [0.2, 0.25) is 5.02 Å². The van der Waals surface area contributed by atoms with Crippen molar-refractivity contribution in [2.75, 3.05) is 16.4 Å². The molecule has 0 saturated heterocycles. The van der Waals surface area contributed by atoms with Crippen molar-refractivity contribution in [1.29, 1.82) is 0 Å². The van der Waals surface area contributed by atoms with E-state index in [4.69, 9.17) is 23.2 Å². The van der Waals surface area contributed by atoms with Crippen LogP contribution in [0.15, 0.2) is 18.2 Å². The van der Waals surface area contributed by atoms with Crippen molar-refractivity contribution in [3.63, 3.8) is 0 Å². The van der Waals surface area contributed by atoms with E-state index in [1.165, 1.54) is 11.3 Å². The molecule has 18 heavy (non-hydrogen) atoms. The normalized spacial score (nSPS) is 11.9. The highest BCUT2D eigenvalue weighted by molar-refractivity contribution is 7.92. The Morgan fingerprint density at radius 3 is 2.89 bits per heavy atom. The molecular weight excluding hydrogens is 315 g/mol. The molecule has 1 aromatic heterocycles. The molecule has 4 nitrogen and oxygen atoms in total. The molecule has 0 amide bonds. The minimum atomic E-state index is -3.37. The van der Waals surface area contributed by atoms with E-state index in [0.29, 0.717) is 22.5 Å². The van der Waals surface area contributed by atoms with Crippen LogP contribution in [-0.2, 0) is 10.0 Å². The lowest BCUT2D eigenvalue weighted by Crippen LogP contribution is -2.16. The average Bonchev–Trinajstić information content (AvgIpc) is 2.66. The lowest BCUT2D eigenvalue weighted by molar-refractivity contribution is 0.600. The van der Waals surface area contributed by atoms with Crippen LogP contribution in [0, 0.1) is 0 Å². The first-order chi connectivity index (χ1) is 8.50. The summed E-state index contributed by atoms with van der Waals surface area (Å²) in [6.45, 7) is 0. The highest BCUT2D eigenvalue weighted by atomic mass is 35.5. The van der Waals surface area contributed by atoms with Gasteiger partial charge in [-0.1, -0.05) is 22.9 Å². The fourth-order valence-corrected chi connectivity index (χ4v) is 4.14. The van der Waals surface area contributed by atoms with Gasteiger partial charge in [0.2, 0.25) is 10.0 Å². The molecule has 0 atom stereocenters. The molecular formula is C10H10Cl2N2O2S2. The Balaban J connectivity index is 2.22. The fourth-order valence-electron chi connectivity index (χ4n) is 1.37. The molecule has 1 heterocycles. The SMILES string of the molecule is O=S(=O)(CCCCl)Nc1nc2ccc(Cl)cc2s1. The summed E-state index contributed by atoms with van der Waals surface area (Å²) in [6.07, 6.45) is 0.410. The number of fused-ring (bicyclic) bond motifs is 1. The van der Waals surface area contributed by atoms with Crippen molar-refractivity contribution in [3.8, 4) is 0 Å². The minimum Gasteiger partial charge on any atom is -0.259 e. The highest BCUT2D eigenvalue weighted by Crippen LogP contribution is 2.28. The van der Waals surface area contributed by atoms with Crippen LogP contribution >= 0.6 is 34.5 Å². The van der Waals surface area contributed by atoms with E-state index in [1.807, 2.05) is 0 Å². The van der Waals surface area contributed by atoms with Gasteiger partial charge in [-0.05, 0) is 24.6 Å². The maximum absolute atomic E-state index is 11.7. The van der Waals surface area contributed by atoms with Crippen molar-refractivity contribution in [1.82, 2.24) is 4.98 Å². The Kier molecular flexibility index (Phi) is 4.32. The van der Waals surface area contributed by atoms with E-state index in [0.717, 1.165) is 10.2 Å². The Morgan fingerprint density at radius 2 is 2.17 bits per heavy atom. The predicted octanol–water partition coefficient (Wildman–Crippen LogP) is 3.32. The van der Waals surface area contributed by atoms with Gasteiger partial charge in [-0.2, -0.15) is 0 Å². The van der Waals surface area contributed by atoms with E-state index >= 15 is 0 Å². The van der Waals surface area contributed by atoms with E-state index in [2.05, 4.69) is 9.71 Å². The summed E-state index contributed by atoms with van der Waals surface area (Å²) in [6, 6.07) is 5.23. The molecule has 0 spiro atoms. The number of halogens is 2. The predicted molar refractivity (Wildman–Crippen MR) is 77.4 cm³/mol. The smallest absolute Gasteiger partial charge is 0.234 e. The maximum atomic E-state index is 11.7. The minimum absolute atomic E-state index is 0.00676. The van der Waals surface area contributed by atoms with Crippen molar-refractivity contribution in [2.45, 2.75) is 6.42 Å². The van der Waals surface area contributed by atoms with Gasteiger partial charge in [-0.15, -0.1) is 11.6 Å². The Bertz CT molecular complexity index is 655. The second kappa shape index (κ2) is 5.61. The number of sulfonamides is 1. The number of hydrogen-bond acceptors (Lipinski definition) is 4. The van der Waals surface area contributed by atoms with E-state index < -0.39 is 10.0 Å². The highest BCUT2D eigenvalue weighted by Gasteiger charge is 2.13. The number of alkyl halides is 1. The van der Waals surface area contributed by atoms with Crippen molar-refractivity contribution in [3.05, 3.63) is 23.2 Å². The van der Waals surface area contributed by atoms with Gasteiger partial charge in [-0.3, -0.25) is 4.72 Å². The van der Waals surface area contributed by atoms with E-state index in [-0.39, 0.29) is 5.75 Å². The number of nitrogens with zero attached hydrogens (tertiary/aromatic N) is 1. The second-order valence-electron chi connectivity index (χ2n) is 3.59. The summed E-state index contributed by atoms with van der Waals surface area (Å²) in [4.78, 5) is 4.18. The quantitative estimate of drug-likeness (QED) is 0.858. The summed E-state index contributed by atoms with van der Waals surface area (Å²) in [5.74, 6) is 0.309. The van der Waals surface area contributed by atoms with Gasteiger partial charge in [-0.25, -0.2) is 13.4 Å². The van der Waals surface area contributed by atoms with Gasteiger partial charge in [0.05, 0.1) is 16.0 Å². The Hall–Kier alpha value is -0.560. The number of thiazole rings is 1. The Morgan fingerprint density at radius 1 is 1.39 bits per heavy atom. The van der Waals surface area contributed by atoms with Gasteiger partial charge in [0, 0.05) is 10.9 Å². The number of hydrogen-bond donors (Lipinski definition) is 1. The molecule has 0 radical (unpaired) electrons. The first-order valence-electron chi connectivity index (χ1n) is 5.13. The van der Waals surface area contributed by atoms with Gasteiger partial charge in [0.1, 0.15) is 0 Å². The number of benzene rings is 1. The van der Waals surface area contributed by atoms with Crippen LogP contribution in [0.3, 0.4) is 0 Å². The van der Waals surface area contributed by atoms with Gasteiger partial charge >= 0.3 is 0 Å². The first-order valence-corrected chi connectivity index (χ1v) is 8.51. The van der Waals surface area contributed by atoms with Crippen LogP contribution in [-0.4, -0.2) is 25.0 Å². The van der Waals surface area contributed by atoms with Crippen molar-refractivity contribution in [2.24, 2.45) is 0 Å². The molecule has 0 aliphatic heterocycles. The van der Waals surface area contributed by atoms with Gasteiger partial charge in [0.15, 0.2) is 5.13 Å². The second-order valence-corrected chi connectivity index (χ2v) is 7.28. The summed E-state index contributed by atoms with van der Waals surface area (Å²) in [7, 11) is -3.37. The standard InChI is InChI=1S/C10H10Cl2N2O2S2/c11-4-1-5-18(15,16)14-10-13-8-3-2-7(12)6-9(8)17-10/h2-3,6H,1,4-5H2,(H,13,14). The molecule has 98 valence electrons. The van der Waals surface area contributed by atoms with Crippen LogP contribution < -0.4 is 4.72 Å². The first kappa shape index (κ1) is 13.9. The van der Waals surface area contributed by atoms with Crippen molar-refractivity contribution < 1.29 is 8.42 Å². The summed E-state index contributed by atoms with van der Waals surface area (Å²) in [5, 5.41) is 0.949. The third-order valence-electron chi connectivity index (χ3n) is 2.14. The molecule has 0 bridgehead atoms. The summed E-state index contributed by atoms with van der Waals surface area (Å²) in [5.41, 5.74) is 0.722. The Labute approximate surface area is 119 Å². The molecule has 2 rings (SSSR count). The molecule has 0 saturated carbocycles. The van der Waals surface area contributed by atoms with Gasteiger partial charge < -0.3 is 0 Å². The van der Waals surface area contributed by atoms with Crippen LogP contribution in [0.4, 0.5) is 5.13 Å². The fraction of sp³-hybridized carbons (Fsp3) is 0.300. The topological polar surface area (TPSA) is 59.1 Å². The summed E-state index contributed by atoms with van der Waals surface area (Å²) < 4.78 is 26.6. The van der Waals surface area contributed by atoms with Gasteiger partial charge in [0.25, 0.3) is 0 Å². The van der Waals surface area contributed by atoms with Crippen LogP contribution in [0.25, 0.3) is 10.2 Å². The number of aromatic nitrogens is 1. The summed E-state index contributed by atoms with van der Waals surface area (Å²) >= 11 is 12.6. The third kappa shape index (κ3) is 3.47. The number of anilines is 1. The molecule has 0 unspecified atom stereocenters. The molecule has 0 fully saturated rings. The van der Waals surface area contributed by atoms with E-state index in [9.17, 15) is 8.42 Å². The maximum Gasteiger partial charge on any atom is 0.234 e. The zero-order valence-electron chi connectivity index (χ0n) is 9.19. The third-order valence-corrected chi connectivity index (χ3v) is 5.04. The zero-order valence-corrected chi connectivity index (χ0v) is 12.3. The number of nitrogens with one attached hydrogen (secondary N) is 1. The molecule has 1 aromatic carbocycles. The van der Waals surface area contributed by atoms with Crippen molar-refractivity contribution >= 4 is 59.9 Å². The molecule has 0 aliphatic carbocycles. The largest absolute Gasteiger partial charge is 0.259 e. The zero-order chi connectivity index (χ0) is 13.2. The van der Waals surface area contributed by atoms with E-state index in [1.54, 1.807) is 18.2 Å². The molecule has 8 heteroatoms. The van der Waals surface area contributed by atoms with Crippen LogP contribution in [0.1, 0.15) is 6.42 Å². The van der Waals surface area contributed by atoms with Crippen LogP contribution in [0.5, 0.6) is 0 Å². The molecule has 1 N–H and O–H groups in total. The lowest BCUT2D eigenvalue weighted by Gasteiger charge is -2.02. The monoisotopic (exact) mass is 324 g/mol. The molecule has 2 aromatic rings. The number of rotatable bonds is 5. The average molecular weight is 325 g/mol. The molecule has 0 aliphatic rings. The lowest BCUT2D eigenvalue weighted by atomic mass is 10.3.